The highest BCUT2D eigenvalue weighted by Gasteiger charge is 2.08. The highest BCUT2D eigenvalue weighted by atomic mass is 79.9. The number of halogens is 2. The van der Waals surface area contributed by atoms with Crippen LogP contribution in [-0.4, -0.2) is 6.09 Å². The first-order valence-corrected chi connectivity index (χ1v) is 6.31. The van der Waals surface area contributed by atoms with E-state index in [0.29, 0.717) is 16.5 Å². The third-order valence-corrected chi connectivity index (χ3v) is 2.94. The second kappa shape index (κ2) is 5.89. The molecule has 0 atom stereocenters. The summed E-state index contributed by atoms with van der Waals surface area (Å²) in [5.74, 6) is 0.473. The molecule has 0 radical (unpaired) electrons. The SMILES string of the molecule is O=C(Nc1cc(Br)ccc1Cl)Oc1ccccc1. The van der Waals surface area contributed by atoms with Crippen LogP contribution in [0.5, 0.6) is 5.75 Å². The lowest BCUT2D eigenvalue weighted by molar-refractivity contribution is 0.215. The lowest BCUT2D eigenvalue weighted by Gasteiger charge is -2.08. The summed E-state index contributed by atoms with van der Waals surface area (Å²) in [6.45, 7) is 0. The van der Waals surface area contributed by atoms with Gasteiger partial charge in [-0.25, -0.2) is 4.79 Å². The van der Waals surface area contributed by atoms with Crippen molar-refractivity contribution in [3.05, 3.63) is 58.0 Å². The molecule has 0 aromatic heterocycles. The van der Waals surface area contributed by atoms with Crippen molar-refractivity contribution in [1.29, 1.82) is 0 Å². The van der Waals surface area contributed by atoms with Gasteiger partial charge in [0.25, 0.3) is 0 Å². The van der Waals surface area contributed by atoms with E-state index in [9.17, 15) is 4.79 Å². The molecule has 0 unspecified atom stereocenters. The summed E-state index contributed by atoms with van der Waals surface area (Å²) in [6.07, 6.45) is -0.582. The fraction of sp³-hybridized carbons (Fsp3) is 0. The number of para-hydroxylation sites is 1. The molecule has 2 aromatic carbocycles. The minimum absolute atomic E-state index is 0.447. The van der Waals surface area contributed by atoms with Gasteiger partial charge in [-0.05, 0) is 30.3 Å². The summed E-state index contributed by atoms with van der Waals surface area (Å²) in [5, 5.41) is 3.02. The number of anilines is 1. The average Bonchev–Trinajstić information content (AvgIpc) is 2.35. The fourth-order valence-electron chi connectivity index (χ4n) is 1.32. The number of hydrogen-bond donors (Lipinski definition) is 1. The molecule has 0 spiro atoms. The predicted molar refractivity (Wildman–Crippen MR) is 75.2 cm³/mol. The van der Waals surface area contributed by atoms with E-state index >= 15 is 0 Å². The quantitative estimate of drug-likeness (QED) is 0.867. The van der Waals surface area contributed by atoms with E-state index in [-0.39, 0.29) is 0 Å². The smallest absolute Gasteiger partial charge is 0.410 e. The molecule has 0 bridgehead atoms. The Hall–Kier alpha value is -1.52. The van der Waals surface area contributed by atoms with Gasteiger partial charge in [0.2, 0.25) is 0 Å². The maximum atomic E-state index is 11.6. The third-order valence-electron chi connectivity index (χ3n) is 2.12. The van der Waals surface area contributed by atoms with Crippen LogP contribution in [-0.2, 0) is 0 Å². The number of nitrogens with one attached hydrogen (secondary N) is 1. The van der Waals surface area contributed by atoms with Crippen molar-refractivity contribution in [2.45, 2.75) is 0 Å². The van der Waals surface area contributed by atoms with Crippen molar-refractivity contribution >= 4 is 39.3 Å². The number of carbonyl (C=O) groups is 1. The van der Waals surface area contributed by atoms with Gasteiger partial charge in [0.1, 0.15) is 5.75 Å². The van der Waals surface area contributed by atoms with Gasteiger partial charge in [-0.2, -0.15) is 0 Å². The second-order valence-electron chi connectivity index (χ2n) is 3.45. The molecule has 92 valence electrons. The Balaban J connectivity index is 2.05. The third kappa shape index (κ3) is 3.48. The standard InChI is InChI=1S/C13H9BrClNO2/c14-9-6-7-11(15)12(8-9)16-13(17)18-10-4-2-1-3-5-10/h1-8H,(H,16,17). The van der Waals surface area contributed by atoms with Crippen molar-refractivity contribution in [2.24, 2.45) is 0 Å². The lowest BCUT2D eigenvalue weighted by atomic mass is 10.3. The van der Waals surface area contributed by atoms with Crippen molar-refractivity contribution in [1.82, 2.24) is 0 Å². The second-order valence-corrected chi connectivity index (χ2v) is 4.77. The molecule has 2 aromatic rings. The summed E-state index contributed by atoms with van der Waals surface area (Å²) in [6, 6.07) is 14.0. The molecule has 18 heavy (non-hydrogen) atoms. The van der Waals surface area contributed by atoms with Gasteiger partial charge in [0.15, 0.2) is 0 Å². The Labute approximate surface area is 118 Å². The van der Waals surface area contributed by atoms with Gasteiger partial charge in [0, 0.05) is 4.47 Å². The number of hydrogen-bond acceptors (Lipinski definition) is 2. The Morgan fingerprint density at radius 1 is 1.17 bits per heavy atom. The Kier molecular flexibility index (Phi) is 4.23. The van der Waals surface area contributed by atoms with Crippen LogP contribution in [0.1, 0.15) is 0 Å². The van der Waals surface area contributed by atoms with E-state index in [2.05, 4.69) is 21.2 Å². The zero-order chi connectivity index (χ0) is 13.0. The van der Waals surface area contributed by atoms with Gasteiger partial charge in [-0.3, -0.25) is 5.32 Å². The zero-order valence-corrected chi connectivity index (χ0v) is 11.5. The van der Waals surface area contributed by atoms with Crippen molar-refractivity contribution in [3.63, 3.8) is 0 Å². The van der Waals surface area contributed by atoms with Crippen LogP contribution in [0.4, 0.5) is 10.5 Å². The van der Waals surface area contributed by atoms with Crippen LogP contribution < -0.4 is 10.1 Å². The summed E-state index contributed by atoms with van der Waals surface area (Å²) >= 11 is 9.25. The molecule has 0 fully saturated rings. The Morgan fingerprint density at radius 3 is 2.61 bits per heavy atom. The fourth-order valence-corrected chi connectivity index (χ4v) is 1.85. The first kappa shape index (κ1) is 12.9. The number of amides is 1. The molecular formula is C13H9BrClNO2. The monoisotopic (exact) mass is 325 g/mol. The molecule has 1 N–H and O–H groups in total. The van der Waals surface area contributed by atoms with Gasteiger partial charge < -0.3 is 4.74 Å². The molecule has 0 aliphatic heterocycles. The molecule has 2 rings (SSSR count). The van der Waals surface area contributed by atoms with E-state index in [1.165, 1.54) is 0 Å². The van der Waals surface area contributed by atoms with E-state index in [1.54, 1.807) is 42.5 Å². The minimum atomic E-state index is -0.582. The molecule has 3 nitrogen and oxygen atoms in total. The van der Waals surface area contributed by atoms with Gasteiger partial charge in [0.05, 0.1) is 10.7 Å². The van der Waals surface area contributed by atoms with E-state index in [0.717, 1.165) is 4.47 Å². The molecule has 0 saturated carbocycles. The van der Waals surface area contributed by atoms with E-state index in [1.807, 2.05) is 6.07 Å². The molecule has 0 aliphatic carbocycles. The first-order chi connectivity index (χ1) is 8.65. The molecular weight excluding hydrogens is 318 g/mol. The number of ether oxygens (including phenoxy) is 1. The maximum Gasteiger partial charge on any atom is 0.417 e. The normalized spacial score (nSPS) is 9.89. The van der Waals surface area contributed by atoms with E-state index < -0.39 is 6.09 Å². The van der Waals surface area contributed by atoms with Crippen LogP contribution in [0.3, 0.4) is 0 Å². The lowest BCUT2D eigenvalue weighted by Crippen LogP contribution is -2.16. The van der Waals surface area contributed by atoms with Gasteiger partial charge in [-0.15, -0.1) is 0 Å². The number of rotatable bonds is 2. The van der Waals surface area contributed by atoms with E-state index in [4.69, 9.17) is 16.3 Å². The predicted octanol–water partition coefficient (Wildman–Crippen LogP) is 4.71. The van der Waals surface area contributed by atoms with Crippen LogP contribution in [0, 0.1) is 0 Å². The van der Waals surface area contributed by atoms with Crippen LogP contribution >= 0.6 is 27.5 Å². The molecule has 0 heterocycles. The molecule has 1 amide bonds. The van der Waals surface area contributed by atoms with Crippen LogP contribution in [0.2, 0.25) is 5.02 Å². The summed E-state index contributed by atoms with van der Waals surface area (Å²) < 4.78 is 5.91. The summed E-state index contributed by atoms with van der Waals surface area (Å²) in [7, 11) is 0. The number of carbonyl (C=O) groups excluding carboxylic acids is 1. The van der Waals surface area contributed by atoms with Crippen molar-refractivity contribution < 1.29 is 9.53 Å². The average molecular weight is 327 g/mol. The van der Waals surface area contributed by atoms with Crippen LogP contribution in [0.15, 0.2) is 53.0 Å². The summed E-state index contributed by atoms with van der Waals surface area (Å²) in [5.41, 5.74) is 0.493. The van der Waals surface area contributed by atoms with Gasteiger partial charge in [-0.1, -0.05) is 45.7 Å². The van der Waals surface area contributed by atoms with Crippen molar-refractivity contribution in [3.8, 4) is 5.75 Å². The van der Waals surface area contributed by atoms with Crippen LogP contribution in [0.25, 0.3) is 0 Å². The Morgan fingerprint density at radius 2 is 1.89 bits per heavy atom. The molecule has 5 heteroatoms. The largest absolute Gasteiger partial charge is 0.417 e. The Bertz CT molecular complexity index is 560. The highest BCUT2D eigenvalue weighted by molar-refractivity contribution is 9.10. The van der Waals surface area contributed by atoms with Crippen molar-refractivity contribution in [2.75, 3.05) is 5.32 Å². The minimum Gasteiger partial charge on any atom is -0.410 e. The highest BCUT2D eigenvalue weighted by Crippen LogP contribution is 2.25. The number of benzene rings is 2. The molecule has 0 saturated heterocycles. The zero-order valence-electron chi connectivity index (χ0n) is 9.19. The first-order valence-electron chi connectivity index (χ1n) is 5.14. The van der Waals surface area contributed by atoms with Gasteiger partial charge >= 0.3 is 6.09 Å². The topological polar surface area (TPSA) is 38.3 Å². The summed E-state index contributed by atoms with van der Waals surface area (Å²) in [4.78, 5) is 11.6. The maximum absolute atomic E-state index is 11.6. The molecule has 0 aliphatic rings.